The SMILES string of the molecule is C=CC(=O)N1CCN(c2nc(OCC)nc3c2CC[C@@H](C(=O)N(C)C2[CH]C(F)=CC=C2)C3)C[C@H]1CC#N. The number of amides is 2. The molecule has 3 atom stereocenters. The number of hydrogen-bond acceptors (Lipinski definition) is 7. The molecule has 4 rings (SSSR count). The van der Waals surface area contributed by atoms with E-state index in [2.05, 4.69) is 22.5 Å². The zero-order chi connectivity index (χ0) is 26.5. The van der Waals surface area contributed by atoms with E-state index in [1.54, 1.807) is 29.0 Å². The molecule has 1 aromatic heterocycles. The number of carbonyl (C=O) groups is 2. The van der Waals surface area contributed by atoms with Crippen molar-refractivity contribution in [3.63, 3.8) is 0 Å². The number of aromatic nitrogens is 2. The van der Waals surface area contributed by atoms with E-state index < -0.39 is 6.04 Å². The lowest BCUT2D eigenvalue weighted by molar-refractivity contribution is -0.135. The highest BCUT2D eigenvalue weighted by atomic mass is 19.1. The van der Waals surface area contributed by atoms with Crippen molar-refractivity contribution in [3.05, 3.63) is 54.4 Å². The minimum absolute atomic E-state index is 0.0602. The molecule has 0 saturated carbocycles. The van der Waals surface area contributed by atoms with Gasteiger partial charge in [-0.3, -0.25) is 9.59 Å². The Kier molecular flexibility index (Phi) is 8.21. The second-order valence-corrected chi connectivity index (χ2v) is 9.37. The van der Waals surface area contributed by atoms with Gasteiger partial charge in [-0.05, 0) is 31.9 Å². The lowest BCUT2D eigenvalue weighted by Gasteiger charge is -2.42. The highest BCUT2D eigenvalue weighted by molar-refractivity contribution is 5.87. The van der Waals surface area contributed by atoms with Gasteiger partial charge in [0.1, 0.15) is 11.6 Å². The monoisotopic (exact) mass is 507 g/mol. The molecule has 0 spiro atoms. The summed E-state index contributed by atoms with van der Waals surface area (Å²) in [5.41, 5.74) is 1.73. The first kappa shape index (κ1) is 26.3. The highest BCUT2D eigenvalue weighted by Gasteiger charge is 2.36. The summed E-state index contributed by atoms with van der Waals surface area (Å²) < 4.78 is 19.4. The molecular formula is C27H32FN6O3. The molecule has 0 bridgehead atoms. The molecule has 37 heavy (non-hydrogen) atoms. The number of anilines is 1. The van der Waals surface area contributed by atoms with Crippen LogP contribution in [0.1, 0.15) is 31.0 Å². The van der Waals surface area contributed by atoms with E-state index >= 15 is 0 Å². The molecule has 0 N–H and O–H groups in total. The first-order chi connectivity index (χ1) is 17.9. The predicted octanol–water partition coefficient (Wildman–Crippen LogP) is 2.55. The number of likely N-dealkylation sites (N-methyl/N-ethyl adjacent to an activating group) is 1. The third kappa shape index (κ3) is 5.66. The maximum absolute atomic E-state index is 13.7. The second-order valence-electron chi connectivity index (χ2n) is 9.37. The molecule has 1 aromatic rings. The number of ether oxygens (including phenoxy) is 1. The zero-order valence-electron chi connectivity index (χ0n) is 21.3. The average molecular weight is 508 g/mol. The van der Waals surface area contributed by atoms with Gasteiger partial charge in [0.2, 0.25) is 11.8 Å². The Morgan fingerprint density at radius 1 is 1.38 bits per heavy atom. The Labute approximate surface area is 216 Å². The molecule has 2 amide bonds. The molecular weight excluding hydrogens is 475 g/mol. The Bertz CT molecular complexity index is 1160. The van der Waals surface area contributed by atoms with E-state index in [1.807, 2.05) is 6.92 Å². The zero-order valence-corrected chi connectivity index (χ0v) is 21.3. The van der Waals surface area contributed by atoms with E-state index in [9.17, 15) is 19.2 Å². The van der Waals surface area contributed by atoms with Crippen LogP contribution in [0, 0.1) is 23.7 Å². The van der Waals surface area contributed by atoms with Gasteiger partial charge in [-0.2, -0.15) is 15.2 Å². The Morgan fingerprint density at radius 3 is 2.89 bits per heavy atom. The maximum Gasteiger partial charge on any atom is 0.318 e. The van der Waals surface area contributed by atoms with Crippen molar-refractivity contribution in [3.8, 4) is 12.1 Å². The number of nitriles is 1. The van der Waals surface area contributed by atoms with Crippen LogP contribution in [0.3, 0.4) is 0 Å². The van der Waals surface area contributed by atoms with Crippen LogP contribution in [0.15, 0.2) is 36.7 Å². The van der Waals surface area contributed by atoms with Crippen LogP contribution in [0.5, 0.6) is 6.01 Å². The molecule has 195 valence electrons. The largest absolute Gasteiger partial charge is 0.464 e. The average Bonchev–Trinajstić information content (AvgIpc) is 2.91. The summed E-state index contributed by atoms with van der Waals surface area (Å²) in [4.78, 5) is 40.3. The van der Waals surface area contributed by atoms with Crippen LogP contribution in [0.4, 0.5) is 10.2 Å². The third-order valence-electron chi connectivity index (χ3n) is 7.11. The fraction of sp³-hybridized carbons (Fsp3) is 0.481. The number of nitrogens with zero attached hydrogens (tertiary/aromatic N) is 6. The first-order valence-electron chi connectivity index (χ1n) is 12.6. The van der Waals surface area contributed by atoms with E-state index in [-0.39, 0.29) is 42.0 Å². The van der Waals surface area contributed by atoms with Gasteiger partial charge in [0.05, 0.1) is 36.9 Å². The topological polar surface area (TPSA) is 103 Å². The van der Waals surface area contributed by atoms with Crippen LogP contribution in [-0.4, -0.2) is 77.0 Å². The Hall–Kier alpha value is -3.74. The molecule has 1 aliphatic heterocycles. The van der Waals surface area contributed by atoms with Crippen molar-refractivity contribution in [1.29, 1.82) is 5.26 Å². The van der Waals surface area contributed by atoms with Crippen LogP contribution in [0.25, 0.3) is 0 Å². The molecule has 9 nitrogen and oxygen atoms in total. The van der Waals surface area contributed by atoms with Gasteiger partial charge in [-0.1, -0.05) is 18.7 Å². The van der Waals surface area contributed by atoms with Gasteiger partial charge >= 0.3 is 6.01 Å². The molecule has 2 aliphatic carbocycles. The summed E-state index contributed by atoms with van der Waals surface area (Å²) >= 11 is 0. The fourth-order valence-corrected chi connectivity index (χ4v) is 5.19. The van der Waals surface area contributed by atoms with E-state index in [0.717, 1.165) is 17.1 Å². The molecule has 2 heterocycles. The summed E-state index contributed by atoms with van der Waals surface area (Å²) in [6, 6.07) is 1.72. The van der Waals surface area contributed by atoms with Gasteiger partial charge in [0.25, 0.3) is 0 Å². The second kappa shape index (κ2) is 11.5. The quantitative estimate of drug-likeness (QED) is 0.523. The molecule has 1 unspecified atom stereocenters. The summed E-state index contributed by atoms with van der Waals surface area (Å²) in [6.07, 6.45) is 9.34. The van der Waals surface area contributed by atoms with Crippen molar-refractivity contribution < 1.29 is 18.7 Å². The number of carbonyl (C=O) groups excluding carboxylic acids is 2. The number of fused-ring (bicyclic) bond motifs is 1. The summed E-state index contributed by atoms with van der Waals surface area (Å²) in [5, 5.41) is 9.34. The van der Waals surface area contributed by atoms with Gasteiger partial charge in [0, 0.05) is 51.0 Å². The van der Waals surface area contributed by atoms with Gasteiger partial charge < -0.3 is 19.4 Å². The van der Waals surface area contributed by atoms with E-state index in [1.165, 1.54) is 18.6 Å². The predicted molar refractivity (Wildman–Crippen MR) is 136 cm³/mol. The molecule has 1 fully saturated rings. The number of piperazine rings is 1. The smallest absolute Gasteiger partial charge is 0.318 e. The number of allylic oxidation sites excluding steroid dienone is 2. The van der Waals surface area contributed by atoms with Crippen molar-refractivity contribution in [1.82, 2.24) is 19.8 Å². The molecule has 3 aliphatic rings. The molecule has 1 radical (unpaired) electrons. The lowest BCUT2D eigenvalue weighted by Crippen LogP contribution is -2.55. The number of halogens is 1. The first-order valence-corrected chi connectivity index (χ1v) is 12.6. The normalized spacial score (nSPS) is 23.0. The summed E-state index contributed by atoms with van der Waals surface area (Å²) in [7, 11) is 1.69. The third-order valence-corrected chi connectivity index (χ3v) is 7.11. The van der Waals surface area contributed by atoms with Crippen molar-refractivity contribution in [2.45, 2.75) is 44.7 Å². The minimum Gasteiger partial charge on any atom is -0.464 e. The van der Waals surface area contributed by atoms with Gasteiger partial charge in [-0.25, -0.2) is 4.39 Å². The van der Waals surface area contributed by atoms with Crippen LogP contribution in [0.2, 0.25) is 0 Å². The number of rotatable bonds is 7. The van der Waals surface area contributed by atoms with Crippen LogP contribution >= 0.6 is 0 Å². The van der Waals surface area contributed by atoms with Crippen molar-refractivity contribution in [2.24, 2.45) is 5.92 Å². The van der Waals surface area contributed by atoms with Crippen molar-refractivity contribution in [2.75, 3.05) is 38.2 Å². The summed E-state index contributed by atoms with van der Waals surface area (Å²) in [5.74, 6) is -0.166. The van der Waals surface area contributed by atoms with E-state index in [0.29, 0.717) is 45.5 Å². The summed E-state index contributed by atoms with van der Waals surface area (Å²) in [6.45, 7) is 7.28. The molecule has 1 saturated heterocycles. The maximum atomic E-state index is 13.7. The molecule has 10 heteroatoms. The minimum atomic E-state index is -0.425. The van der Waals surface area contributed by atoms with Crippen LogP contribution in [-0.2, 0) is 22.4 Å². The van der Waals surface area contributed by atoms with Crippen molar-refractivity contribution >= 4 is 17.6 Å². The number of hydrogen-bond donors (Lipinski definition) is 0. The lowest BCUT2D eigenvalue weighted by atomic mass is 9.85. The molecule has 0 aromatic carbocycles. The van der Waals surface area contributed by atoms with E-state index in [4.69, 9.17) is 9.72 Å². The Balaban J connectivity index is 1.57. The fourth-order valence-electron chi connectivity index (χ4n) is 5.19. The van der Waals surface area contributed by atoms with Gasteiger partial charge in [0.15, 0.2) is 0 Å². The van der Waals surface area contributed by atoms with Crippen LogP contribution < -0.4 is 9.64 Å². The Morgan fingerprint density at radius 2 is 2.19 bits per heavy atom. The van der Waals surface area contributed by atoms with Gasteiger partial charge in [-0.15, -0.1) is 0 Å². The standard InChI is InChI=1S/C27H32FN6O3/c1-4-24(35)34-14-13-33(17-21(34)11-12-29)25-22-10-9-18(15-23(22)30-27(31-25)37-5-2)26(36)32(3)20-8-6-7-19(28)16-20/h4,6-8,16,18,20-21H,1,5,9-11,13-15,17H2,2-3H3/t18-,20?,21-/m1/s1. The highest BCUT2D eigenvalue weighted by Crippen LogP contribution is 2.34.